The zero-order valence-electron chi connectivity index (χ0n) is 11.2. The first-order valence-electron chi connectivity index (χ1n) is 6.15. The number of amides is 1. The number of hydrogen-bond donors (Lipinski definition) is 0. The molecule has 1 fully saturated rings. The second kappa shape index (κ2) is 5.44. The molecule has 1 saturated heterocycles. The molecule has 5 nitrogen and oxygen atoms in total. The van der Waals surface area contributed by atoms with Crippen molar-refractivity contribution in [3.63, 3.8) is 0 Å². The van der Waals surface area contributed by atoms with Crippen molar-refractivity contribution in [3.05, 3.63) is 15.3 Å². The molecule has 7 heteroatoms. The molecule has 1 amide bonds. The predicted molar refractivity (Wildman–Crippen MR) is 79.1 cm³/mol. The van der Waals surface area contributed by atoms with E-state index in [2.05, 4.69) is 37.0 Å². The summed E-state index contributed by atoms with van der Waals surface area (Å²) < 4.78 is 8.97. The third-order valence-corrected chi connectivity index (χ3v) is 3.80. The molecule has 0 radical (unpaired) electrons. The first-order chi connectivity index (χ1) is 8.76. The number of aromatic nitrogens is 2. The average Bonchev–Trinajstić information content (AvgIpc) is 2.82. The molecule has 2 rings (SSSR count). The largest absolute Gasteiger partial charge is 0.444 e. The zero-order chi connectivity index (χ0) is 14.2. The van der Waals surface area contributed by atoms with Crippen molar-refractivity contribution in [1.82, 2.24) is 14.7 Å². The van der Waals surface area contributed by atoms with E-state index in [0.29, 0.717) is 13.1 Å². The van der Waals surface area contributed by atoms with E-state index in [-0.39, 0.29) is 12.1 Å². The van der Waals surface area contributed by atoms with Crippen molar-refractivity contribution in [2.24, 2.45) is 0 Å². The summed E-state index contributed by atoms with van der Waals surface area (Å²) in [5.74, 6) is 0. The third-order valence-electron chi connectivity index (χ3n) is 2.82. The summed E-state index contributed by atoms with van der Waals surface area (Å²) in [4.78, 5) is 13.7. The molecule has 1 aliphatic rings. The Morgan fingerprint density at radius 1 is 1.47 bits per heavy atom. The van der Waals surface area contributed by atoms with Crippen LogP contribution in [0.25, 0.3) is 0 Å². The quantitative estimate of drug-likeness (QED) is 0.731. The number of likely N-dealkylation sites (tertiary alicyclic amines) is 1. The van der Waals surface area contributed by atoms with E-state index in [1.165, 1.54) is 0 Å². The molecule has 0 aromatic carbocycles. The van der Waals surface area contributed by atoms with Crippen LogP contribution >= 0.6 is 31.9 Å². The van der Waals surface area contributed by atoms with Crippen LogP contribution in [0.3, 0.4) is 0 Å². The normalized spacial score (nSPS) is 19.8. The summed E-state index contributed by atoms with van der Waals surface area (Å²) in [7, 11) is 0. The van der Waals surface area contributed by atoms with Crippen LogP contribution in [0.1, 0.15) is 33.2 Å². The van der Waals surface area contributed by atoms with Gasteiger partial charge in [0.15, 0.2) is 0 Å². The van der Waals surface area contributed by atoms with Gasteiger partial charge >= 0.3 is 6.09 Å². The minimum absolute atomic E-state index is 0.188. The van der Waals surface area contributed by atoms with Gasteiger partial charge in [-0.15, -0.1) is 0 Å². The Bertz CT molecular complexity index is 482. The molecule has 1 aromatic rings. The van der Waals surface area contributed by atoms with Crippen molar-refractivity contribution >= 4 is 38.0 Å². The lowest BCUT2D eigenvalue weighted by molar-refractivity contribution is 0.0288. The topological polar surface area (TPSA) is 47.4 Å². The minimum atomic E-state index is -0.454. The molecule has 0 aliphatic carbocycles. The second-order valence-electron chi connectivity index (χ2n) is 5.60. The maximum Gasteiger partial charge on any atom is 0.410 e. The molecule has 0 saturated carbocycles. The van der Waals surface area contributed by atoms with E-state index in [1.54, 1.807) is 4.90 Å². The van der Waals surface area contributed by atoms with Crippen LogP contribution in [0.4, 0.5) is 4.79 Å². The number of nitrogens with zero attached hydrogens (tertiary/aromatic N) is 3. The van der Waals surface area contributed by atoms with Crippen LogP contribution in [0.15, 0.2) is 15.3 Å². The van der Waals surface area contributed by atoms with Gasteiger partial charge in [-0.05, 0) is 59.1 Å². The number of carbonyl (C=O) groups excluding carboxylic acids is 1. The molecule has 1 atom stereocenters. The summed E-state index contributed by atoms with van der Waals surface area (Å²) in [6, 6.07) is 2.09. The third kappa shape index (κ3) is 3.72. The van der Waals surface area contributed by atoms with Gasteiger partial charge in [-0.1, -0.05) is 0 Å². The van der Waals surface area contributed by atoms with Crippen molar-refractivity contribution in [2.75, 3.05) is 13.1 Å². The Balaban J connectivity index is 2.00. The molecule has 0 N–H and O–H groups in total. The summed E-state index contributed by atoms with van der Waals surface area (Å²) in [5, 5.41) is 4.37. The minimum Gasteiger partial charge on any atom is -0.444 e. The van der Waals surface area contributed by atoms with Gasteiger partial charge in [-0.3, -0.25) is 4.68 Å². The van der Waals surface area contributed by atoms with E-state index < -0.39 is 5.60 Å². The molecule has 106 valence electrons. The number of carbonyl (C=O) groups is 1. The highest BCUT2D eigenvalue weighted by molar-refractivity contribution is 9.11. The SMILES string of the molecule is CC(C)(C)OC(=O)N1CCC(n2nc(Br)cc2Br)C1. The fourth-order valence-electron chi connectivity index (χ4n) is 2.03. The second-order valence-corrected chi connectivity index (χ2v) is 7.23. The Hall–Kier alpha value is -0.560. The highest BCUT2D eigenvalue weighted by Crippen LogP contribution is 2.28. The number of ether oxygens (including phenoxy) is 1. The van der Waals surface area contributed by atoms with E-state index in [1.807, 2.05) is 31.5 Å². The highest BCUT2D eigenvalue weighted by Gasteiger charge is 2.31. The summed E-state index contributed by atoms with van der Waals surface area (Å²) >= 11 is 6.82. The van der Waals surface area contributed by atoms with Crippen molar-refractivity contribution in [1.29, 1.82) is 0 Å². The molecule has 19 heavy (non-hydrogen) atoms. The number of halogens is 2. The monoisotopic (exact) mass is 393 g/mol. The maximum atomic E-state index is 12.0. The van der Waals surface area contributed by atoms with Gasteiger partial charge in [0, 0.05) is 19.2 Å². The predicted octanol–water partition coefficient (Wildman–Crippen LogP) is 3.59. The van der Waals surface area contributed by atoms with Gasteiger partial charge in [-0.25, -0.2) is 4.79 Å². The van der Waals surface area contributed by atoms with Gasteiger partial charge < -0.3 is 9.64 Å². The molecular formula is C12H17Br2N3O2. The fourth-order valence-corrected chi connectivity index (χ4v) is 3.31. The first-order valence-corrected chi connectivity index (χ1v) is 7.73. The van der Waals surface area contributed by atoms with Gasteiger partial charge in [0.2, 0.25) is 0 Å². The van der Waals surface area contributed by atoms with Crippen LogP contribution in [-0.4, -0.2) is 39.5 Å². The number of hydrogen-bond acceptors (Lipinski definition) is 3. The summed E-state index contributed by atoms with van der Waals surface area (Å²) in [6.07, 6.45) is 0.628. The zero-order valence-corrected chi connectivity index (χ0v) is 14.4. The first kappa shape index (κ1) is 14.8. The summed E-state index contributed by atoms with van der Waals surface area (Å²) in [5.41, 5.74) is -0.454. The van der Waals surface area contributed by atoms with Gasteiger partial charge in [0.25, 0.3) is 0 Å². The lowest BCUT2D eigenvalue weighted by Crippen LogP contribution is -2.35. The van der Waals surface area contributed by atoms with Crippen molar-refractivity contribution in [2.45, 2.75) is 38.8 Å². The average molecular weight is 395 g/mol. The van der Waals surface area contributed by atoms with E-state index >= 15 is 0 Å². The van der Waals surface area contributed by atoms with E-state index in [9.17, 15) is 4.79 Å². The van der Waals surface area contributed by atoms with Crippen LogP contribution in [0.2, 0.25) is 0 Å². The van der Waals surface area contributed by atoms with Crippen molar-refractivity contribution < 1.29 is 9.53 Å². The molecule has 0 spiro atoms. The van der Waals surface area contributed by atoms with E-state index in [0.717, 1.165) is 15.6 Å². The Morgan fingerprint density at radius 3 is 2.68 bits per heavy atom. The fraction of sp³-hybridized carbons (Fsp3) is 0.667. The molecule has 1 unspecified atom stereocenters. The molecule has 2 heterocycles. The van der Waals surface area contributed by atoms with E-state index in [4.69, 9.17) is 4.74 Å². The van der Waals surface area contributed by atoms with Gasteiger partial charge in [0.05, 0.1) is 6.04 Å². The Labute approximate surface area is 129 Å². The lowest BCUT2D eigenvalue weighted by atomic mass is 10.2. The lowest BCUT2D eigenvalue weighted by Gasteiger charge is -2.24. The van der Waals surface area contributed by atoms with Gasteiger partial charge in [0.1, 0.15) is 14.8 Å². The van der Waals surface area contributed by atoms with Crippen LogP contribution in [0.5, 0.6) is 0 Å². The molecule has 0 bridgehead atoms. The standard InChI is InChI=1S/C12H17Br2N3O2/c1-12(2,3)19-11(18)16-5-4-8(7-16)17-10(14)6-9(13)15-17/h6,8H,4-5,7H2,1-3H3. The van der Waals surface area contributed by atoms with Crippen molar-refractivity contribution in [3.8, 4) is 0 Å². The highest BCUT2D eigenvalue weighted by atomic mass is 79.9. The Morgan fingerprint density at radius 2 is 2.16 bits per heavy atom. The smallest absolute Gasteiger partial charge is 0.410 e. The number of rotatable bonds is 1. The molecular weight excluding hydrogens is 378 g/mol. The molecule has 1 aliphatic heterocycles. The maximum absolute atomic E-state index is 12.0. The van der Waals surface area contributed by atoms with Gasteiger partial charge in [-0.2, -0.15) is 5.10 Å². The summed E-state index contributed by atoms with van der Waals surface area (Å²) in [6.45, 7) is 6.95. The molecule has 1 aromatic heterocycles. The Kier molecular flexibility index (Phi) is 4.25. The van der Waals surface area contributed by atoms with Crippen LogP contribution in [-0.2, 0) is 4.74 Å². The van der Waals surface area contributed by atoms with Crippen LogP contribution in [0, 0.1) is 0 Å². The van der Waals surface area contributed by atoms with Crippen LogP contribution < -0.4 is 0 Å².